The molecule has 0 N–H and O–H groups in total. The Morgan fingerprint density at radius 3 is 1.91 bits per heavy atom. The van der Waals surface area contributed by atoms with Crippen molar-refractivity contribution in [1.82, 2.24) is 0 Å². The highest BCUT2D eigenvalue weighted by Crippen LogP contribution is 2.54. The topological polar surface area (TPSA) is 114 Å². The summed E-state index contributed by atoms with van der Waals surface area (Å²) in [6, 6.07) is 14.1. The van der Waals surface area contributed by atoms with Gasteiger partial charge in [0.05, 0.1) is 0 Å². The van der Waals surface area contributed by atoms with E-state index in [9.17, 15) is 19.2 Å². The van der Waals surface area contributed by atoms with E-state index in [0.29, 0.717) is 28.3 Å². The Kier molecular flexibility index (Phi) is 10.7. The lowest BCUT2D eigenvalue weighted by molar-refractivity contribution is -0.254. The van der Waals surface area contributed by atoms with Gasteiger partial charge in [0.15, 0.2) is 18.3 Å². The van der Waals surface area contributed by atoms with Crippen molar-refractivity contribution in [2.75, 3.05) is 6.61 Å². The van der Waals surface area contributed by atoms with Crippen molar-refractivity contribution in [3.63, 3.8) is 0 Å². The normalized spacial score (nSPS) is 25.6. The van der Waals surface area contributed by atoms with E-state index in [-0.39, 0.29) is 6.61 Å². The Balaban J connectivity index is 1.40. The average molecular weight is 655 g/mol. The molecule has 0 bridgehead atoms. The summed E-state index contributed by atoms with van der Waals surface area (Å²) in [5, 5.41) is 0.552. The molecule has 1 saturated heterocycles. The fraction of sp³-hybridized carbons (Fsp3) is 0.556. The smallest absolute Gasteiger partial charge is 0.303 e. The standard InChI is InChI=1S/C36H43ClO9/c1-21(38)42-20-31-33(43-22(2)39)35(45-24(4)41)34(44-23(3)40)32(46-31)28-10-11-30(37)29(19-28)18-25-6-8-26(9-7-25)27-12-16-36(17-13-27)14-5-15-36/h6-11,19,27,31-35H,5,12-18,20H2,1-4H3/t31-,32?,33-,34+,35+/m1/s1. The van der Waals surface area contributed by atoms with Crippen molar-refractivity contribution >= 4 is 35.5 Å². The summed E-state index contributed by atoms with van der Waals surface area (Å²) in [6.45, 7) is 4.57. The second-order valence-corrected chi connectivity index (χ2v) is 13.4. The van der Waals surface area contributed by atoms with Crippen LogP contribution in [0.25, 0.3) is 0 Å². The SMILES string of the molecule is CC(=O)OC[C@H]1OC(c2ccc(Cl)c(Cc3ccc(C4CCC5(CCC5)CC4)cc3)c2)[C@H](OC(C)=O)[C@@H](OC(C)=O)[C@@H]1OC(C)=O. The minimum Gasteiger partial charge on any atom is -0.463 e. The fourth-order valence-corrected chi connectivity index (χ4v) is 7.46. The zero-order chi connectivity index (χ0) is 33.0. The summed E-state index contributed by atoms with van der Waals surface area (Å²) in [5.41, 5.74) is 4.53. The fourth-order valence-electron chi connectivity index (χ4n) is 7.27. The van der Waals surface area contributed by atoms with E-state index in [1.807, 2.05) is 6.07 Å². The van der Waals surface area contributed by atoms with Crippen molar-refractivity contribution in [3.05, 3.63) is 69.7 Å². The van der Waals surface area contributed by atoms with Gasteiger partial charge in [-0.2, -0.15) is 0 Å². The molecule has 2 aromatic carbocycles. The van der Waals surface area contributed by atoms with E-state index in [0.717, 1.165) is 11.1 Å². The number of esters is 4. The molecule has 3 aliphatic rings. The highest BCUT2D eigenvalue weighted by molar-refractivity contribution is 6.31. The van der Waals surface area contributed by atoms with Crippen LogP contribution in [0, 0.1) is 5.41 Å². The molecule has 248 valence electrons. The van der Waals surface area contributed by atoms with Gasteiger partial charge in [-0.25, -0.2) is 0 Å². The average Bonchev–Trinajstić information content (AvgIpc) is 2.98. The Morgan fingerprint density at radius 1 is 0.761 bits per heavy atom. The summed E-state index contributed by atoms with van der Waals surface area (Å²) < 4.78 is 28.3. The first-order valence-electron chi connectivity index (χ1n) is 16.1. The molecule has 2 aliphatic carbocycles. The second kappa shape index (κ2) is 14.6. The molecule has 0 amide bonds. The molecule has 2 aromatic rings. The van der Waals surface area contributed by atoms with Crippen molar-refractivity contribution in [2.24, 2.45) is 5.41 Å². The molecular weight excluding hydrogens is 612 g/mol. The van der Waals surface area contributed by atoms with Crippen LogP contribution in [0.3, 0.4) is 0 Å². The second-order valence-electron chi connectivity index (χ2n) is 13.0. The Morgan fingerprint density at radius 2 is 1.35 bits per heavy atom. The van der Waals surface area contributed by atoms with Crippen molar-refractivity contribution < 1.29 is 42.9 Å². The summed E-state index contributed by atoms with van der Waals surface area (Å²) in [5.74, 6) is -1.97. The van der Waals surface area contributed by atoms with E-state index < -0.39 is 54.4 Å². The molecule has 9 nitrogen and oxygen atoms in total. The minimum absolute atomic E-state index is 0.289. The predicted molar refractivity (Wildman–Crippen MR) is 169 cm³/mol. The van der Waals surface area contributed by atoms with E-state index in [4.69, 9.17) is 35.3 Å². The lowest BCUT2D eigenvalue weighted by atomic mass is 9.58. The molecule has 2 saturated carbocycles. The maximum atomic E-state index is 12.3. The van der Waals surface area contributed by atoms with Crippen molar-refractivity contribution in [3.8, 4) is 0 Å². The van der Waals surface area contributed by atoms with Crippen LogP contribution in [0.5, 0.6) is 0 Å². The number of halogens is 1. The first-order chi connectivity index (χ1) is 21.9. The van der Waals surface area contributed by atoms with Gasteiger partial charge in [0.1, 0.15) is 18.8 Å². The molecule has 1 unspecified atom stereocenters. The molecule has 1 heterocycles. The van der Waals surface area contributed by atoms with Gasteiger partial charge in [-0.1, -0.05) is 54.4 Å². The maximum Gasteiger partial charge on any atom is 0.303 e. The molecule has 46 heavy (non-hydrogen) atoms. The van der Waals surface area contributed by atoms with Gasteiger partial charge in [-0.3, -0.25) is 19.2 Å². The van der Waals surface area contributed by atoms with Crippen LogP contribution in [-0.4, -0.2) is 54.9 Å². The Bertz CT molecular complexity index is 1420. The van der Waals surface area contributed by atoms with Crippen LogP contribution in [0.2, 0.25) is 5.02 Å². The molecule has 10 heteroatoms. The van der Waals surface area contributed by atoms with Crippen LogP contribution in [-0.2, 0) is 49.3 Å². The number of benzene rings is 2. The van der Waals surface area contributed by atoms with Crippen molar-refractivity contribution in [2.45, 2.75) is 115 Å². The molecule has 0 radical (unpaired) electrons. The van der Waals surface area contributed by atoms with Crippen molar-refractivity contribution in [1.29, 1.82) is 0 Å². The molecular formula is C36H43ClO9. The van der Waals surface area contributed by atoms with Gasteiger partial charge >= 0.3 is 23.9 Å². The minimum atomic E-state index is -1.24. The number of hydrogen-bond donors (Lipinski definition) is 0. The summed E-state index contributed by atoms with van der Waals surface area (Å²) in [4.78, 5) is 48.3. The van der Waals surface area contributed by atoms with E-state index in [1.165, 1.54) is 78.2 Å². The Labute approximate surface area is 275 Å². The van der Waals surface area contributed by atoms with E-state index >= 15 is 0 Å². The first kappa shape index (κ1) is 33.9. The predicted octanol–water partition coefficient (Wildman–Crippen LogP) is 6.56. The number of carbonyl (C=O) groups is 4. The molecule has 0 aromatic heterocycles. The number of carbonyl (C=O) groups excluding carboxylic acids is 4. The van der Waals surface area contributed by atoms with Gasteiger partial charge in [0, 0.05) is 32.7 Å². The quantitative estimate of drug-likeness (QED) is 0.219. The molecule has 5 rings (SSSR count). The third-order valence-electron chi connectivity index (χ3n) is 9.70. The zero-order valence-corrected chi connectivity index (χ0v) is 27.7. The Hall–Kier alpha value is -3.43. The number of hydrogen-bond acceptors (Lipinski definition) is 9. The maximum absolute atomic E-state index is 12.3. The summed E-state index contributed by atoms with van der Waals surface area (Å²) >= 11 is 6.69. The first-order valence-corrected chi connectivity index (χ1v) is 16.5. The summed E-state index contributed by atoms with van der Waals surface area (Å²) in [7, 11) is 0. The molecule has 1 spiro atoms. The molecule has 5 atom stereocenters. The number of ether oxygens (including phenoxy) is 5. The lowest BCUT2D eigenvalue weighted by Crippen LogP contribution is -2.59. The lowest BCUT2D eigenvalue weighted by Gasteiger charge is -2.47. The number of rotatable bonds is 9. The third kappa shape index (κ3) is 8.10. The summed E-state index contributed by atoms with van der Waals surface area (Å²) in [6.07, 6.45) is 4.28. The van der Waals surface area contributed by atoms with Crippen LogP contribution >= 0.6 is 11.6 Å². The van der Waals surface area contributed by atoms with Gasteiger partial charge in [0.25, 0.3) is 0 Å². The van der Waals surface area contributed by atoms with Crippen LogP contribution in [0.15, 0.2) is 42.5 Å². The highest BCUT2D eigenvalue weighted by atomic mass is 35.5. The third-order valence-corrected chi connectivity index (χ3v) is 10.1. The molecule has 1 aliphatic heterocycles. The van der Waals surface area contributed by atoms with Gasteiger partial charge in [0.2, 0.25) is 0 Å². The monoisotopic (exact) mass is 654 g/mol. The van der Waals surface area contributed by atoms with E-state index in [1.54, 1.807) is 12.1 Å². The zero-order valence-electron chi connectivity index (χ0n) is 26.9. The van der Waals surface area contributed by atoms with E-state index in [2.05, 4.69) is 24.3 Å². The van der Waals surface area contributed by atoms with Crippen LogP contribution in [0.1, 0.15) is 107 Å². The largest absolute Gasteiger partial charge is 0.463 e. The van der Waals surface area contributed by atoms with Gasteiger partial charge in [-0.05, 0) is 84.6 Å². The van der Waals surface area contributed by atoms with Crippen LogP contribution < -0.4 is 0 Å². The molecule has 3 fully saturated rings. The van der Waals surface area contributed by atoms with Gasteiger partial charge < -0.3 is 23.7 Å². The van der Waals surface area contributed by atoms with Crippen LogP contribution in [0.4, 0.5) is 0 Å². The highest BCUT2D eigenvalue weighted by Gasteiger charge is 2.52. The van der Waals surface area contributed by atoms with Gasteiger partial charge in [-0.15, -0.1) is 0 Å².